The van der Waals surface area contributed by atoms with Crippen molar-refractivity contribution in [2.75, 3.05) is 32.2 Å². The van der Waals surface area contributed by atoms with Gasteiger partial charge < -0.3 is 19.7 Å². The molecule has 1 N–H and O–H groups in total. The minimum absolute atomic E-state index is 0.0409. The smallest absolute Gasteiger partial charge is 0.254 e. The van der Waals surface area contributed by atoms with Crippen molar-refractivity contribution in [3.63, 3.8) is 0 Å². The molecule has 0 atom stereocenters. The number of halogens is 1. The number of methoxy groups -OCH3 is 2. The van der Waals surface area contributed by atoms with Gasteiger partial charge in [0.1, 0.15) is 17.3 Å². The summed E-state index contributed by atoms with van der Waals surface area (Å²) in [7, 11) is 3.03. The van der Waals surface area contributed by atoms with Crippen LogP contribution in [0.5, 0.6) is 11.5 Å². The van der Waals surface area contributed by atoms with E-state index in [9.17, 15) is 14.0 Å². The first kappa shape index (κ1) is 19.2. The second kappa shape index (κ2) is 8.84. The Bertz CT molecular complexity index is 795. The summed E-state index contributed by atoms with van der Waals surface area (Å²) >= 11 is 0. The van der Waals surface area contributed by atoms with Crippen LogP contribution in [0, 0.1) is 5.82 Å². The molecule has 0 heterocycles. The Morgan fingerprint density at radius 1 is 1.12 bits per heavy atom. The predicted octanol–water partition coefficient (Wildman–Crippen LogP) is 2.63. The minimum atomic E-state index is -0.595. The number of benzene rings is 2. The quantitative estimate of drug-likeness (QED) is 0.824. The maximum atomic E-state index is 13.6. The molecule has 0 saturated carbocycles. The molecule has 2 amide bonds. The summed E-state index contributed by atoms with van der Waals surface area (Å²) in [6.07, 6.45) is 0. The van der Waals surface area contributed by atoms with E-state index in [1.165, 1.54) is 44.2 Å². The van der Waals surface area contributed by atoms with Crippen LogP contribution < -0.4 is 19.7 Å². The number of anilines is 1. The molecule has 2 aromatic rings. The number of ether oxygens (including phenoxy) is 2. The Hall–Kier alpha value is -3.09. The van der Waals surface area contributed by atoms with E-state index < -0.39 is 11.7 Å². The average Bonchev–Trinajstić information content (AvgIpc) is 2.64. The highest BCUT2D eigenvalue weighted by Gasteiger charge is 2.18. The monoisotopic (exact) mass is 360 g/mol. The normalized spacial score (nSPS) is 10.2. The Balaban J connectivity index is 2.11. The van der Waals surface area contributed by atoms with Crippen LogP contribution >= 0.6 is 0 Å². The molecule has 26 heavy (non-hydrogen) atoms. The Morgan fingerprint density at radius 2 is 1.85 bits per heavy atom. The van der Waals surface area contributed by atoms with E-state index in [0.717, 1.165) is 0 Å². The lowest BCUT2D eigenvalue weighted by molar-refractivity contribution is -0.116. The lowest BCUT2D eigenvalue weighted by atomic mass is 10.2. The molecule has 2 aromatic carbocycles. The molecule has 0 saturated heterocycles. The standard InChI is InChI=1S/C19H21FN2O4/c1-13(23)22(17-12-14(25-2)8-9-18(17)26-3)11-10-21-19(24)15-6-4-5-7-16(15)20/h4-9,12H,10-11H2,1-3H3,(H,21,24). The summed E-state index contributed by atoms with van der Waals surface area (Å²) in [5, 5.41) is 2.62. The number of nitrogens with zero attached hydrogens (tertiary/aromatic N) is 1. The van der Waals surface area contributed by atoms with Gasteiger partial charge in [0, 0.05) is 26.1 Å². The second-order valence-corrected chi connectivity index (χ2v) is 5.44. The van der Waals surface area contributed by atoms with Crippen molar-refractivity contribution in [3.05, 3.63) is 53.8 Å². The van der Waals surface area contributed by atoms with Gasteiger partial charge in [-0.25, -0.2) is 4.39 Å². The highest BCUT2D eigenvalue weighted by atomic mass is 19.1. The molecule has 0 spiro atoms. The van der Waals surface area contributed by atoms with Crippen LogP contribution in [0.4, 0.5) is 10.1 Å². The van der Waals surface area contributed by atoms with Crippen molar-refractivity contribution < 1.29 is 23.5 Å². The van der Waals surface area contributed by atoms with Crippen LogP contribution in [0.3, 0.4) is 0 Å². The molecule has 0 fully saturated rings. The number of hydrogen-bond acceptors (Lipinski definition) is 4. The molecular formula is C19H21FN2O4. The molecule has 0 aromatic heterocycles. The van der Waals surface area contributed by atoms with E-state index in [1.807, 2.05) is 0 Å². The SMILES string of the molecule is COc1ccc(OC)c(N(CCNC(=O)c2ccccc2F)C(C)=O)c1. The number of amides is 2. The van der Waals surface area contributed by atoms with Crippen LogP contribution in [0.15, 0.2) is 42.5 Å². The van der Waals surface area contributed by atoms with Crippen LogP contribution in [0.2, 0.25) is 0 Å². The fraction of sp³-hybridized carbons (Fsp3) is 0.263. The van der Waals surface area contributed by atoms with Crippen LogP contribution in [-0.2, 0) is 4.79 Å². The van der Waals surface area contributed by atoms with Crippen LogP contribution in [0.25, 0.3) is 0 Å². The Labute approximate surface area is 151 Å². The van der Waals surface area contributed by atoms with Gasteiger partial charge in [0.2, 0.25) is 5.91 Å². The lowest BCUT2D eigenvalue weighted by Crippen LogP contribution is -2.38. The largest absolute Gasteiger partial charge is 0.497 e. The zero-order valence-electron chi connectivity index (χ0n) is 14.9. The fourth-order valence-corrected chi connectivity index (χ4v) is 2.48. The topological polar surface area (TPSA) is 67.9 Å². The van der Waals surface area contributed by atoms with E-state index in [4.69, 9.17) is 9.47 Å². The molecule has 2 rings (SSSR count). The third-order valence-corrected chi connectivity index (χ3v) is 3.80. The van der Waals surface area contributed by atoms with Gasteiger partial charge >= 0.3 is 0 Å². The summed E-state index contributed by atoms with van der Waals surface area (Å²) in [5.74, 6) is -0.285. The van der Waals surface area contributed by atoms with Gasteiger partial charge in [-0.3, -0.25) is 9.59 Å². The van der Waals surface area contributed by atoms with Gasteiger partial charge in [-0.15, -0.1) is 0 Å². The van der Waals surface area contributed by atoms with E-state index in [1.54, 1.807) is 24.3 Å². The summed E-state index contributed by atoms with van der Waals surface area (Å²) in [6.45, 7) is 1.75. The molecule has 7 heteroatoms. The second-order valence-electron chi connectivity index (χ2n) is 5.44. The summed E-state index contributed by atoms with van der Waals surface area (Å²) in [5.41, 5.74) is 0.486. The Morgan fingerprint density at radius 3 is 2.46 bits per heavy atom. The molecule has 0 aliphatic heterocycles. The third-order valence-electron chi connectivity index (χ3n) is 3.80. The number of hydrogen-bond donors (Lipinski definition) is 1. The molecule has 0 bridgehead atoms. The van der Waals surface area contributed by atoms with Crippen molar-refractivity contribution in [1.29, 1.82) is 0 Å². The molecule has 6 nitrogen and oxygen atoms in total. The third kappa shape index (κ3) is 4.50. The number of rotatable bonds is 7. The van der Waals surface area contributed by atoms with Gasteiger partial charge in [-0.1, -0.05) is 12.1 Å². The van der Waals surface area contributed by atoms with E-state index >= 15 is 0 Å². The van der Waals surface area contributed by atoms with Crippen molar-refractivity contribution >= 4 is 17.5 Å². The zero-order chi connectivity index (χ0) is 19.1. The highest BCUT2D eigenvalue weighted by molar-refractivity contribution is 5.95. The maximum absolute atomic E-state index is 13.6. The molecule has 0 radical (unpaired) electrons. The molecule has 0 unspecified atom stereocenters. The van der Waals surface area contributed by atoms with Gasteiger partial charge in [-0.2, -0.15) is 0 Å². The van der Waals surface area contributed by atoms with Crippen molar-refractivity contribution in [2.45, 2.75) is 6.92 Å². The van der Waals surface area contributed by atoms with Crippen molar-refractivity contribution in [1.82, 2.24) is 5.32 Å². The van der Waals surface area contributed by atoms with E-state index in [0.29, 0.717) is 17.2 Å². The number of carbonyl (C=O) groups excluding carboxylic acids is 2. The van der Waals surface area contributed by atoms with Gasteiger partial charge in [0.05, 0.1) is 25.5 Å². The lowest BCUT2D eigenvalue weighted by Gasteiger charge is -2.24. The fourth-order valence-electron chi connectivity index (χ4n) is 2.48. The number of nitrogens with one attached hydrogen (secondary N) is 1. The van der Waals surface area contributed by atoms with E-state index in [-0.39, 0.29) is 24.6 Å². The predicted molar refractivity (Wildman–Crippen MR) is 96.3 cm³/mol. The van der Waals surface area contributed by atoms with E-state index in [2.05, 4.69) is 5.32 Å². The summed E-state index contributed by atoms with van der Waals surface area (Å²) in [6, 6.07) is 10.8. The van der Waals surface area contributed by atoms with Crippen molar-refractivity contribution in [2.24, 2.45) is 0 Å². The molecule has 0 aliphatic rings. The first-order valence-electron chi connectivity index (χ1n) is 8.00. The van der Waals surface area contributed by atoms with Gasteiger partial charge in [0.25, 0.3) is 5.91 Å². The number of carbonyl (C=O) groups is 2. The molecule has 138 valence electrons. The van der Waals surface area contributed by atoms with Gasteiger partial charge in [0.15, 0.2) is 0 Å². The first-order valence-corrected chi connectivity index (χ1v) is 8.00. The summed E-state index contributed by atoms with van der Waals surface area (Å²) < 4.78 is 24.1. The summed E-state index contributed by atoms with van der Waals surface area (Å²) in [4.78, 5) is 25.6. The first-order chi connectivity index (χ1) is 12.5. The molecular weight excluding hydrogens is 339 g/mol. The average molecular weight is 360 g/mol. The molecule has 0 aliphatic carbocycles. The minimum Gasteiger partial charge on any atom is -0.497 e. The maximum Gasteiger partial charge on any atom is 0.254 e. The van der Waals surface area contributed by atoms with Crippen LogP contribution in [-0.4, -0.2) is 39.1 Å². The highest BCUT2D eigenvalue weighted by Crippen LogP contribution is 2.32. The van der Waals surface area contributed by atoms with Crippen molar-refractivity contribution in [3.8, 4) is 11.5 Å². The Kier molecular flexibility index (Phi) is 6.54. The van der Waals surface area contributed by atoms with Crippen LogP contribution in [0.1, 0.15) is 17.3 Å². The zero-order valence-corrected chi connectivity index (χ0v) is 14.9. The van der Waals surface area contributed by atoms with Gasteiger partial charge in [-0.05, 0) is 24.3 Å².